The molecular formula is C17H22ClN5O3S. The van der Waals surface area contributed by atoms with Gasteiger partial charge in [-0.3, -0.25) is 9.36 Å². The van der Waals surface area contributed by atoms with Crippen LogP contribution in [-0.2, 0) is 16.6 Å². The van der Waals surface area contributed by atoms with Crippen LogP contribution in [0.5, 0.6) is 5.75 Å². The molecule has 27 heavy (non-hydrogen) atoms. The van der Waals surface area contributed by atoms with Crippen molar-refractivity contribution in [2.75, 3.05) is 49.4 Å². The van der Waals surface area contributed by atoms with Crippen LogP contribution >= 0.6 is 23.4 Å². The van der Waals surface area contributed by atoms with E-state index in [1.54, 1.807) is 12.1 Å². The number of methoxy groups -OCH3 is 1. The first-order chi connectivity index (χ1) is 13.0. The molecule has 1 fully saturated rings. The number of rotatable bonds is 6. The van der Waals surface area contributed by atoms with Crippen LogP contribution in [0.15, 0.2) is 17.3 Å². The van der Waals surface area contributed by atoms with Crippen LogP contribution in [0.3, 0.4) is 0 Å². The number of aromatic nitrogens is 3. The molecule has 1 aliphatic rings. The summed E-state index contributed by atoms with van der Waals surface area (Å²) in [6.07, 6.45) is 0. The largest absolute Gasteiger partial charge is 0.495 e. The summed E-state index contributed by atoms with van der Waals surface area (Å²) < 4.78 is 12.5. The highest BCUT2D eigenvalue weighted by molar-refractivity contribution is 7.99. The second kappa shape index (κ2) is 8.81. The Labute approximate surface area is 167 Å². The highest BCUT2D eigenvalue weighted by atomic mass is 35.5. The molecule has 0 aliphatic carbocycles. The molecule has 1 aliphatic heterocycles. The second-order valence-electron chi connectivity index (χ2n) is 6.08. The lowest BCUT2D eigenvalue weighted by Gasteiger charge is -2.27. The number of thioether (sulfide) groups is 1. The van der Waals surface area contributed by atoms with E-state index in [0.29, 0.717) is 34.8 Å². The van der Waals surface area contributed by atoms with Crippen molar-refractivity contribution >= 4 is 40.9 Å². The Morgan fingerprint density at radius 3 is 2.81 bits per heavy atom. The van der Waals surface area contributed by atoms with E-state index in [-0.39, 0.29) is 11.7 Å². The fraction of sp³-hybridized carbons (Fsp3) is 0.471. The molecule has 0 atom stereocenters. The number of nitrogens with one attached hydrogen (secondary N) is 1. The van der Waals surface area contributed by atoms with Gasteiger partial charge in [0.15, 0.2) is 5.16 Å². The summed E-state index contributed by atoms with van der Waals surface area (Å²) in [4.78, 5) is 14.5. The third-order valence-electron chi connectivity index (χ3n) is 4.19. The van der Waals surface area contributed by atoms with Gasteiger partial charge in [-0.2, -0.15) is 0 Å². The standard InChI is InChI=1S/C17H22ClN5O3S/c1-11-8-13(14(25-3)9-12(11)18)19-15(24)10-27-17-21-20-16(22(17)2)23-4-6-26-7-5-23/h8-9H,4-7,10H2,1-3H3,(H,19,24). The normalized spacial score (nSPS) is 14.3. The average molecular weight is 412 g/mol. The highest BCUT2D eigenvalue weighted by Gasteiger charge is 2.19. The zero-order valence-electron chi connectivity index (χ0n) is 15.5. The van der Waals surface area contributed by atoms with Gasteiger partial charge in [0, 0.05) is 31.2 Å². The van der Waals surface area contributed by atoms with Crippen molar-refractivity contribution in [3.8, 4) is 5.75 Å². The molecule has 1 aromatic heterocycles. The predicted octanol–water partition coefficient (Wildman–Crippen LogP) is 2.35. The van der Waals surface area contributed by atoms with E-state index in [9.17, 15) is 4.79 Å². The van der Waals surface area contributed by atoms with Gasteiger partial charge in [0.1, 0.15) is 5.75 Å². The van der Waals surface area contributed by atoms with E-state index in [1.807, 2.05) is 18.5 Å². The van der Waals surface area contributed by atoms with E-state index in [1.165, 1.54) is 18.9 Å². The van der Waals surface area contributed by atoms with Gasteiger partial charge in [-0.15, -0.1) is 10.2 Å². The van der Waals surface area contributed by atoms with E-state index >= 15 is 0 Å². The van der Waals surface area contributed by atoms with Crippen molar-refractivity contribution in [3.05, 3.63) is 22.7 Å². The fourth-order valence-corrected chi connectivity index (χ4v) is 3.58. The number of halogens is 1. The van der Waals surface area contributed by atoms with Crippen molar-refractivity contribution in [2.24, 2.45) is 7.05 Å². The average Bonchev–Trinajstić information content (AvgIpc) is 3.04. The molecule has 3 rings (SSSR count). The SMILES string of the molecule is COc1cc(Cl)c(C)cc1NC(=O)CSc1nnc(N2CCOCC2)n1C. The molecule has 146 valence electrons. The number of aryl methyl sites for hydroxylation is 1. The highest BCUT2D eigenvalue weighted by Crippen LogP contribution is 2.31. The van der Waals surface area contributed by atoms with Crippen molar-refractivity contribution in [1.29, 1.82) is 0 Å². The van der Waals surface area contributed by atoms with Gasteiger partial charge in [0.05, 0.1) is 31.8 Å². The molecule has 1 aromatic carbocycles. The summed E-state index contributed by atoms with van der Waals surface area (Å²) in [6, 6.07) is 3.49. The Morgan fingerprint density at radius 2 is 2.11 bits per heavy atom. The minimum absolute atomic E-state index is 0.157. The lowest BCUT2D eigenvalue weighted by molar-refractivity contribution is -0.113. The molecule has 8 nitrogen and oxygen atoms in total. The number of morpholine rings is 1. The third kappa shape index (κ3) is 4.66. The molecule has 0 bridgehead atoms. The van der Waals surface area contributed by atoms with E-state index in [4.69, 9.17) is 21.1 Å². The number of nitrogens with zero attached hydrogens (tertiary/aromatic N) is 4. The Bertz CT molecular complexity index is 823. The zero-order valence-corrected chi connectivity index (χ0v) is 17.1. The lowest BCUT2D eigenvalue weighted by atomic mass is 10.2. The quantitative estimate of drug-likeness (QED) is 0.730. The number of amides is 1. The summed E-state index contributed by atoms with van der Waals surface area (Å²) >= 11 is 7.43. The van der Waals surface area contributed by atoms with Gasteiger partial charge in [-0.1, -0.05) is 23.4 Å². The molecule has 0 unspecified atom stereocenters. The number of carbonyl (C=O) groups excluding carboxylic acids is 1. The third-order valence-corrected chi connectivity index (χ3v) is 5.62. The first-order valence-electron chi connectivity index (χ1n) is 8.48. The number of anilines is 2. The number of ether oxygens (including phenoxy) is 2. The predicted molar refractivity (Wildman–Crippen MR) is 106 cm³/mol. The molecule has 10 heteroatoms. The maximum Gasteiger partial charge on any atom is 0.234 e. The number of benzene rings is 1. The minimum atomic E-state index is -0.157. The van der Waals surface area contributed by atoms with Gasteiger partial charge in [0.2, 0.25) is 11.9 Å². The van der Waals surface area contributed by atoms with Gasteiger partial charge >= 0.3 is 0 Å². The van der Waals surface area contributed by atoms with Crippen molar-refractivity contribution in [1.82, 2.24) is 14.8 Å². The molecule has 0 spiro atoms. The summed E-state index contributed by atoms with van der Waals surface area (Å²) in [5.41, 5.74) is 1.46. The van der Waals surface area contributed by atoms with E-state index in [2.05, 4.69) is 20.4 Å². The topological polar surface area (TPSA) is 81.5 Å². The molecule has 1 N–H and O–H groups in total. The second-order valence-corrected chi connectivity index (χ2v) is 7.43. The Balaban J connectivity index is 1.61. The van der Waals surface area contributed by atoms with Crippen molar-refractivity contribution < 1.29 is 14.3 Å². The van der Waals surface area contributed by atoms with Gasteiger partial charge in [-0.05, 0) is 18.6 Å². The number of hydrogen-bond acceptors (Lipinski definition) is 7. The molecule has 1 amide bonds. The first-order valence-corrected chi connectivity index (χ1v) is 9.85. The zero-order chi connectivity index (χ0) is 19.4. The number of carbonyl (C=O) groups is 1. The lowest BCUT2D eigenvalue weighted by Crippen LogP contribution is -2.37. The minimum Gasteiger partial charge on any atom is -0.495 e. The van der Waals surface area contributed by atoms with Crippen LogP contribution in [0, 0.1) is 6.92 Å². The van der Waals surface area contributed by atoms with E-state index < -0.39 is 0 Å². The summed E-state index contributed by atoms with van der Waals surface area (Å²) in [5, 5.41) is 12.6. The summed E-state index contributed by atoms with van der Waals surface area (Å²) in [7, 11) is 3.44. The smallest absolute Gasteiger partial charge is 0.234 e. The first kappa shape index (κ1) is 19.8. The van der Waals surface area contributed by atoms with Crippen molar-refractivity contribution in [3.63, 3.8) is 0 Å². The van der Waals surface area contributed by atoms with Crippen LogP contribution in [0.4, 0.5) is 11.6 Å². The molecular weight excluding hydrogens is 390 g/mol. The Kier molecular flexibility index (Phi) is 6.46. The van der Waals surface area contributed by atoms with Crippen molar-refractivity contribution in [2.45, 2.75) is 12.1 Å². The summed E-state index contributed by atoms with van der Waals surface area (Å²) in [5.74, 6) is 1.37. The van der Waals surface area contributed by atoms with Crippen LogP contribution < -0.4 is 15.0 Å². The molecule has 2 aromatic rings. The fourth-order valence-electron chi connectivity index (χ4n) is 2.72. The summed E-state index contributed by atoms with van der Waals surface area (Å²) in [6.45, 7) is 4.80. The van der Waals surface area contributed by atoms with Crippen LogP contribution in [0.2, 0.25) is 5.02 Å². The maximum atomic E-state index is 12.4. The van der Waals surface area contributed by atoms with Crippen LogP contribution in [-0.4, -0.2) is 59.8 Å². The number of hydrogen-bond donors (Lipinski definition) is 1. The van der Waals surface area contributed by atoms with Crippen LogP contribution in [0.25, 0.3) is 0 Å². The maximum absolute atomic E-state index is 12.4. The Morgan fingerprint density at radius 1 is 1.37 bits per heavy atom. The van der Waals surface area contributed by atoms with Gasteiger partial charge in [0.25, 0.3) is 0 Å². The van der Waals surface area contributed by atoms with Crippen LogP contribution in [0.1, 0.15) is 5.56 Å². The van der Waals surface area contributed by atoms with E-state index in [0.717, 1.165) is 24.6 Å². The molecule has 0 radical (unpaired) electrons. The monoisotopic (exact) mass is 411 g/mol. The van der Waals surface area contributed by atoms with Gasteiger partial charge < -0.3 is 19.7 Å². The molecule has 2 heterocycles. The Hall–Kier alpha value is -1.97. The molecule has 0 saturated carbocycles. The molecule has 1 saturated heterocycles. The van der Waals surface area contributed by atoms with Gasteiger partial charge in [-0.25, -0.2) is 0 Å².